The number of hydrogen-bond acceptors (Lipinski definition) is 7. The Morgan fingerprint density at radius 3 is 2.37 bits per heavy atom. The van der Waals surface area contributed by atoms with Gasteiger partial charge in [0.05, 0.1) is 31.2 Å². The van der Waals surface area contributed by atoms with E-state index in [1.807, 2.05) is 0 Å². The van der Waals surface area contributed by atoms with Gasteiger partial charge in [0, 0.05) is 40.9 Å². The summed E-state index contributed by atoms with van der Waals surface area (Å²) in [6.45, 7) is -0.621. The predicted molar refractivity (Wildman–Crippen MR) is 144 cm³/mol. The molecule has 0 spiro atoms. The van der Waals surface area contributed by atoms with Gasteiger partial charge < -0.3 is 14.8 Å². The largest absolute Gasteiger partial charge is 0.497 e. The van der Waals surface area contributed by atoms with Crippen LogP contribution < -0.4 is 19.1 Å². The summed E-state index contributed by atoms with van der Waals surface area (Å²) in [5, 5.41) is 4.18. The molecule has 0 bridgehead atoms. The van der Waals surface area contributed by atoms with E-state index in [-0.39, 0.29) is 27.7 Å². The molecule has 0 aliphatic carbocycles. The summed E-state index contributed by atoms with van der Waals surface area (Å²) in [6, 6.07) is 12.7. The maximum Gasteiger partial charge on any atom is 0.419 e. The van der Waals surface area contributed by atoms with Crippen LogP contribution in [0.3, 0.4) is 0 Å². The number of anilines is 1. The Labute approximate surface area is 237 Å². The maximum atomic E-state index is 14.3. The molecule has 14 heteroatoms. The fourth-order valence-corrected chi connectivity index (χ4v) is 6.12. The van der Waals surface area contributed by atoms with Gasteiger partial charge in [0.2, 0.25) is 0 Å². The third-order valence-electron chi connectivity index (χ3n) is 5.97. The van der Waals surface area contributed by atoms with Crippen LogP contribution in [0.2, 0.25) is 0 Å². The molecule has 0 aliphatic rings. The predicted octanol–water partition coefficient (Wildman–Crippen LogP) is 5.64. The Bertz CT molecular complexity index is 1630. The van der Waals surface area contributed by atoms with Gasteiger partial charge in [0.15, 0.2) is 5.13 Å². The molecule has 0 saturated carbocycles. The Balaban J connectivity index is 1.55. The molecular weight excluding hydrogens is 586 g/mol. The summed E-state index contributed by atoms with van der Waals surface area (Å²) in [5.74, 6) is -1.27. The van der Waals surface area contributed by atoms with Crippen molar-refractivity contribution in [3.8, 4) is 11.5 Å². The van der Waals surface area contributed by atoms with Gasteiger partial charge in [-0.15, -0.1) is 11.3 Å². The molecule has 0 unspecified atom stereocenters. The van der Waals surface area contributed by atoms with Gasteiger partial charge in [0.1, 0.15) is 17.3 Å². The molecule has 0 radical (unpaired) electrons. The third kappa shape index (κ3) is 6.60. The fraction of sp³-hybridized carbons (Fsp3) is 0.185. The molecule has 1 aromatic heterocycles. The number of ether oxygens (including phenoxy) is 2. The van der Waals surface area contributed by atoms with Crippen LogP contribution in [0, 0.1) is 5.82 Å². The molecule has 216 valence electrons. The Morgan fingerprint density at radius 1 is 1.02 bits per heavy atom. The number of alkyl halides is 3. The van der Waals surface area contributed by atoms with E-state index in [0.29, 0.717) is 23.1 Å². The minimum absolute atomic E-state index is 0.0222. The molecule has 1 heterocycles. The zero-order valence-electron chi connectivity index (χ0n) is 21.6. The number of carbonyl (C=O) groups excluding carboxylic acids is 1. The number of rotatable bonds is 10. The molecule has 3 aromatic carbocycles. The number of carbonyl (C=O) groups is 1. The van der Waals surface area contributed by atoms with Crippen LogP contribution in [0.25, 0.3) is 0 Å². The molecular formula is C27H23F4N3O5S2. The topological polar surface area (TPSA) is 97.8 Å². The number of aromatic nitrogens is 1. The molecule has 41 heavy (non-hydrogen) atoms. The average Bonchev–Trinajstić information content (AvgIpc) is 3.49. The second kappa shape index (κ2) is 12.1. The third-order valence-corrected chi connectivity index (χ3v) is 8.63. The number of nitrogens with one attached hydrogen (secondary N) is 1. The lowest BCUT2D eigenvalue weighted by Gasteiger charge is -2.23. The van der Waals surface area contributed by atoms with Gasteiger partial charge in [0.25, 0.3) is 15.9 Å². The first-order chi connectivity index (χ1) is 19.5. The van der Waals surface area contributed by atoms with Crippen LogP contribution in [0.5, 0.6) is 11.5 Å². The minimum atomic E-state index is -4.88. The summed E-state index contributed by atoms with van der Waals surface area (Å²) in [4.78, 5) is 16.6. The normalized spacial score (nSPS) is 11.7. The quantitative estimate of drug-likeness (QED) is 0.234. The van der Waals surface area contributed by atoms with Gasteiger partial charge in [-0.3, -0.25) is 4.79 Å². The van der Waals surface area contributed by atoms with Crippen LogP contribution in [-0.2, 0) is 29.3 Å². The second-order valence-corrected chi connectivity index (χ2v) is 11.2. The van der Waals surface area contributed by atoms with E-state index in [0.717, 1.165) is 27.8 Å². The molecule has 1 N–H and O–H groups in total. The number of benzene rings is 3. The lowest BCUT2D eigenvalue weighted by Crippen LogP contribution is -2.31. The maximum absolute atomic E-state index is 14.3. The van der Waals surface area contributed by atoms with Crippen molar-refractivity contribution in [1.82, 2.24) is 10.3 Å². The zero-order valence-corrected chi connectivity index (χ0v) is 23.2. The molecule has 0 saturated heterocycles. The number of thiazole rings is 1. The lowest BCUT2D eigenvalue weighted by molar-refractivity contribution is -0.140. The summed E-state index contributed by atoms with van der Waals surface area (Å²) >= 11 is 1.11. The van der Waals surface area contributed by atoms with Crippen LogP contribution in [0.1, 0.15) is 27.0 Å². The summed E-state index contributed by atoms with van der Waals surface area (Å²) in [7, 11) is -1.23. The van der Waals surface area contributed by atoms with Crippen molar-refractivity contribution < 1.29 is 40.2 Å². The van der Waals surface area contributed by atoms with Gasteiger partial charge >= 0.3 is 6.18 Å². The highest BCUT2D eigenvalue weighted by Crippen LogP contribution is 2.33. The monoisotopic (exact) mass is 609 g/mol. The van der Waals surface area contributed by atoms with Gasteiger partial charge in [-0.1, -0.05) is 12.1 Å². The van der Waals surface area contributed by atoms with Crippen LogP contribution >= 0.6 is 11.3 Å². The minimum Gasteiger partial charge on any atom is -0.497 e. The van der Waals surface area contributed by atoms with Crippen LogP contribution in [0.4, 0.5) is 22.7 Å². The SMILES string of the molecule is COc1ccc(CN(c2nccs2)S(=O)(=O)c2ccc(C(=O)NCc3cccc(C(F)(F)F)c3F)cc2)c(OC)c1. The van der Waals surface area contributed by atoms with E-state index < -0.39 is 40.0 Å². The van der Waals surface area contributed by atoms with E-state index in [9.17, 15) is 30.8 Å². The molecule has 0 fully saturated rings. The fourth-order valence-electron chi connectivity index (χ4n) is 3.85. The van der Waals surface area contributed by atoms with E-state index in [1.165, 1.54) is 44.7 Å². The molecule has 8 nitrogen and oxygen atoms in total. The molecule has 0 aliphatic heterocycles. The Morgan fingerprint density at radius 2 is 1.76 bits per heavy atom. The van der Waals surface area contributed by atoms with Crippen molar-refractivity contribution in [1.29, 1.82) is 0 Å². The van der Waals surface area contributed by atoms with E-state index >= 15 is 0 Å². The first kappa shape index (κ1) is 29.8. The van der Waals surface area contributed by atoms with Crippen molar-refractivity contribution in [3.05, 3.63) is 100 Å². The summed E-state index contributed by atoms with van der Waals surface area (Å²) < 4.78 is 92.3. The molecule has 0 atom stereocenters. The smallest absolute Gasteiger partial charge is 0.419 e. The van der Waals surface area contributed by atoms with Crippen molar-refractivity contribution in [2.24, 2.45) is 0 Å². The van der Waals surface area contributed by atoms with Crippen molar-refractivity contribution in [2.75, 3.05) is 18.5 Å². The Kier molecular flexibility index (Phi) is 8.83. The summed E-state index contributed by atoms with van der Waals surface area (Å²) in [6.07, 6.45) is -3.41. The molecule has 1 amide bonds. The summed E-state index contributed by atoms with van der Waals surface area (Å²) in [5.41, 5.74) is -1.21. The van der Waals surface area contributed by atoms with Crippen molar-refractivity contribution in [3.63, 3.8) is 0 Å². The second-order valence-electron chi connectivity index (χ2n) is 8.49. The zero-order chi connectivity index (χ0) is 29.8. The molecule has 4 rings (SSSR count). The highest BCUT2D eigenvalue weighted by molar-refractivity contribution is 7.93. The van der Waals surface area contributed by atoms with Crippen LogP contribution in [-0.4, -0.2) is 33.5 Å². The number of halogens is 4. The van der Waals surface area contributed by atoms with E-state index in [4.69, 9.17) is 9.47 Å². The average molecular weight is 610 g/mol. The van der Waals surface area contributed by atoms with Gasteiger partial charge in [-0.05, 0) is 42.5 Å². The number of sulfonamides is 1. The van der Waals surface area contributed by atoms with Gasteiger partial charge in [-0.25, -0.2) is 22.1 Å². The number of amides is 1. The molecule has 4 aromatic rings. The van der Waals surface area contributed by atoms with E-state index in [2.05, 4.69) is 10.3 Å². The standard InChI is InChI=1S/C27H23F4N3O5S2/c1-38-20-9-6-19(23(14-20)39-2)16-34(26-32-12-13-40-26)41(36,37)21-10-7-17(8-11-21)25(35)33-15-18-4-3-5-22(24(18)28)27(29,30)31/h3-14H,15-16H2,1-2H3,(H,33,35). The van der Waals surface area contributed by atoms with Crippen molar-refractivity contribution >= 4 is 32.4 Å². The first-order valence-electron chi connectivity index (χ1n) is 11.8. The van der Waals surface area contributed by atoms with Crippen LogP contribution in [0.15, 0.2) is 77.1 Å². The Hall–Kier alpha value is -4.17. The van der Waals surface area contributed by atoms with Gasteiger partial charge in [-0.2, -0.15) is 13.2 Å². The highest BCUT2D eigenvalue weighted by Gasteiger charge is 2.35. The van der Waals surface area contributed by atoms with E-state index in [1.54, 1.807) is 23.6 Å². The first-order valence-corrected chi connectivity index (χ1v) is 14.1. The lowest BCUT2D eigenvalue weighted by atomic mass is 10.1. The number of methoxy groups -OCH3 is 2. The number of hydrogen-bond donors (Lipinski definition) is 1. The van der Waals surface area contributed by atoms with Crippen molar-refractivity contribution in [2.45, 2.75) is 24.2 Å². The highest BCUT2D eigenvalue weighted by atomic mass is 32.2. The number of nitrogens with zero attached hydrogens (tertiary/aromatic N) is 2.